The van der Waals surface area contributed by atoms with E-state index in [0.29, 0.717) is 22.5 Å². The predicted octanol–water partition coefficient (Wildman–Crippen LogP) is 2.32. The maximum Gasteiger partial charge on any atom is 0.252 e. The molecule has 5 heteroatoms. The Bertz CT molecular complexity index is 608. The molecule has 0 fully saturated rings. The van der Waals surface area contributed by atoms with Crippen LogP contribution in [0.5, 0.6) is 0 Å². The van der Waals surface area contributed by atoms with Gasteiger partial charge >= 0.3 is 0 Å². The molecule has 110 valence electrons. The molecule has 0 spiro atoms. The molecule has 1 amide bonds. The number of thiophene rings is 1. The first-order valence-corrected chi connectivity index (χ1v) is 7.72. The zero-order valence-corrected chi connectivity index (χ0v) is 12.7. The van der Waals surface area contributed by atoms with Gasteiger partial charge < -0.3 is 10.6 Å². The van der Waals surface area contributed by atoms with Crippen LogP contribution in [0.3, 0.4) is 0 Å². The normalized spacial score (nSPS) is 10.3. The lowest BCUT2D eigenvalue weighted by molar-refractivity contribution is 0.0942. The summed E-state index contributed by atoms with van der Waals surface area (Å²) < 4.78 is 0. The van der Waals surface area contributed by atoms with Crippen molar-refractivity contribution in [2.45, 2.75) is 6.42 Å². The van der Waals surface area contributed by atoms with E-state index >= 15 is 0 Å². The third-order valence-corrected chi connectivity index (χ3v) is 3.92. The smallest absolute Gasteiger partial charge is 0.252 e. The lowest BCUT2D eigenvalue weighted by Gasteiger charge is -2.09. The first-order chi connectivity index (χ1) is 10.2. The lowest BCUT2D eigenvalue weighted by atomic mass is 10.0. The van der Waals surface area contributed by atoms with E-state index in [4.69, 9.17) is 0 Å². The molecular formula is C16H18N2O2S. The summed E-state index contributed by atoms with van der Waals surface area (Å²) in [5.41, 5.74) is 0.881. The zero-order valence-electron chi connectivity index (χ0n) is 11.9. The van der Waals surface area contributed by atoms with Gasteiger partial charge in [0.15, 0.2) is 0 Å². The number of carbonyl (C=O) groups is 2. The van der Waals surface area contributed by atoms with E-state index in [9.17, 15) is 9.59 Å². The van der Waals surface area contributed by atoms with Gasteiger partial charge in [0.05, 0.1) is 10.4 Å². The Morgan fingerprint density at radius 2 is 1.81 bits per heavy atom. The minimum atomic E-state index is -0.202. The Kier molecular flexibility index (Phi) is 5.66. The highest BCUT2D eigenvalue weighted by molar-refractivity contribution is 7.12. The molecular weight excluding hydrogens is 284 g/mol. The number of hydrogen-bond acceptors (Lipinski definition) is 4. The maximum absolute atomic E-state index is 12.4. The summed E-state index contributed by atoms with van der Waals surface area (Å²) in [6.45, 7) is 1.43. The average molecular weight is 302 g/mol. The molecule has 0 radical (unpaired) electrons. The Balaban J connectivity index is 2.13. The van der Waals surface area contributed by atoms with Crippen molar-refractivity contribution in [3.63, 3.8) is 0 Å². The van der Waals surface area contributed by atoms with E-state index in [0.717, 1.165) is 13.0 Å². The molecule has 0 saturated carbocycles. The summed E-state index contributed by atoms with van der Waals surface area (Å²) in [5.74, 6) is -0.308. The highest BCUT2D eigenvalue weighted by Crippen LogP contribution is 2.18. The van der Waals surface area contributed by atoms with Crippen molar-refractivity contribution in [3.05, 3.63) is 57.8 Å². The van der Waals surface area contributed by atoms with Crippen molar-refractivity contribution in [1.82, 2.24) is 10.6 Å². The summed E-state index contributed by atoms with van der Waals surface area (Å²) in [5, 5.41) is 7.73. The molecule has 1 heterocycles. The van der Waals surface area contributed by atoms with Gasteiger partial charge in [-0.2, -0.15) is 0 Å². The van der Waals surface area contributed by atoms with Gasteiger partial charge in [0, 0.05) is 12.1 Å². The van der Waals surface area contributed by atoms with Crippen LogP contribution in [0.15, 0.2) is 41.8 Å². The number of hydrogen-bond donors (Lipinski definition) is 2. The van der Waals surface area contributed by atoms with Gasteiger partial charge in [0.2, 0.25) is 5.78 Å². The van der Waals surface area contributed by atoms with Gasteiger partial charge in [-0.1, -0.05) is 24.3 Å². The molecule has 2 N–H and O–H groups in total. The van der Waals surface area contributed by atoms with E-state index in [1.54, 1.807) is 30.3 Å². The van der Waals surface area contributed by atoms with Crippen molar-refractivity contribution in [2.24, 2.45) is 0 Å². The van der Waals surface area contributed by atoms with E-state index in [-0.39, 0.29) is 11.7 Å². The maximum atomic E-state index is 12.4. The van der Waals surface area contributed by atoms with E-state index in [2.05, 4.69) is 10.6 Å². The molecule has 1 aromatic heterocycles. The highest BCUT2D eigenvalue weighted by atomic mass is 32.1. The summed E-state index contributed by atoms with van der Waals surface area (Å²) in [4.78, 5) is 25.3. The summed E-state index contributed by atoms with van der Waals surface area (Å²) in [6.07, 6.45) is 0.850. The van der Waals surface area contributed by atoms with Crippen LogP contribution in [0.1, 0.15) is 32.0 Å². The quantitative estimate of drug-likeness (QED) is 0.609. The SMILES string of the molecule is CNCCCNC(=O)c1ccccc1C(=O)c1cccs1. The molecule has 2 rings (SSSR count). The second-order valence-electron chi connectivity index (χ2n) is 4.57. The van der Waals surface area contributed by atoms with Gasteiger partial charge in [0.1, 0.15) is 0 Å². The van der Waals surface area contributed by atoms with Gasteiger partial charge in [-0.3, -0.25) is 9.59 Å². The standard InChI is InChI=1S/C16H18N2O2S/c1-17-9-5-10-18-16(20)13-7-3-2-6-12(13)15(19)14-8-4-11-21-14/h2-4,6-8,11,17H,5,9-10H2,1H3,(H,18,20). The van der Waals surface area contributed by atoms with Crippen LogP contribution in [0.2, 0.25) is 0 Å². The monoisotopic (exact) mass is 302 g/mol. The first kappa shape index (κ1) is 15.4. The largest absolute Gasteiger partial charge is 0.352 e. The van der Waals surface area contributed by atoms with Crippen molar-refractivity contribution in [1.29, 1.82) is 0 Å². The Hall–Kier alpha value is -1.98. The molecule has 0 bridgehead atoms. The van der Waals surface area contributed by atoms with Crippen LogP contribution in [0.4, 0.5) is 0 Å². The minimum Gasteiger partial charge on any atom is -0.352 e. The molecule has 1 aromatic carbocycles. The first-order valence-electron chi connectivity index (χ1n) is 6.84. The predicted molar refractivity (Wildman–Crippen MR) is 85.1 cm³/mol. The summed E-state index contributed by atoms with van der Waals surface area (Å²) >= 11 is 1.38. The summed E-state index contributed by atoms with van der Waals surface area (Å²) in [6, 6.07) is 10.5. The number of ketones is 1. The van der Waals surface area contributed by atoms with Crippen molar-refractivity contribution in [3.8, 4) is 0 Å². The number of benzene rings is 1. The van der Waals surface area contributed by atoms with Crippen molar-refractivity contribution in [2.75, 3.05) is 20.1 Å². The Morgan fingerprint density at radius 3 is 2.48 bits per heavy atom. The van der Waals surface area contributed by atoms with Crippen LogP contribution in [0, 0.1) is 0 Å². The fourth-order valence-corrected chi connectivity index (χ4v) is 2.66. The topological polar surface area (TPSA) is 58.2 Å². The number of amides is 1. The fraction of sp³-hybridized carbons (Fsp3) is 0.250. The lowest BCUT2D eigenvalue weighted by Crippen LogP contribution is -2.28. The molecule has 0 aliphatic heterocycles. The highest BCUT2D eigenvalue weighted by Gasteiger charge is 2.18. The van der Waals surface area contributed by atoms with Crippen LogP contribution in [-0.2, 0) is 0 Å². The second kappa shape index (κ2) is 7.71. The molecule has 0 unspecified atom stereocenters. The number of carbonyl (C=O) groups excluding carboxylic acids is 2. The van der Waals surface area contributed by atoms with Crippen LogP contribution in [-0.4, -0.2) is 31.8 Å². The van der Waals surface area contributed by atoms with Crippen molar-refractivity contribution < 1.29 is 9.59 Å². The molecule has 2 aromatic rings. The van der Waals surface area contributed by atoms with E-state index < -0.39 is 0 Å². The van der Waals surface area contributed by atoms with Gasteiger partial charge in [-0.15, -0.1) is 11.3 Å². The minimum absolute atomic E-state index is 0.106. The third-order valence-electron chi connectivity index (χ3n) is 3.05. The van der Waals surface area contributed by atoms with Crippen LogP contribution >= 0.6 is 11.3 Å². The Morgan fingerprint density at radius 1 is 1.05 bits per heavy atom. The Labute approximate surface area is 128 Å². The van der Waals surface area contributed by atoms with Crippen LogP contribution in [0.25, 0.3) is 0 Å². The molecule has 0 aliphatic carbocycles. The zero-order chi connectivity index (χ0) is 15.1. The number of rotatable bonds is 7. The fourth-order valence-electron chi connectivity index (χ4n) is 1.98. The van der Waals surface area contributed by atoms with Crippen molar-refractivity contribution >= 4 is 23.0 Å². The van der Waals surface area contributed by atoms with E-state index in [1.165, 1.54) is 11.3 Å². The molecule has 0 aliphatic rings. The summed E-state index contributed by atoms with van der Waals surface area (Å²) in [7, 11) is 1.87. The van der Waals surface area contributed by atoms with Gasteiger partial charge in [0.25, 0.3) is 5.91 Å². The van der Waals surface area contributed by atoms with Gasteiger partial charge in [-0.05, 0) is 37.5 Å². The average Bonchev–Trinajstić information content (AvgIpc) is 3.05. The second-order valence-corrected chi connectivity index (χ2v) is 5.51. The molecule has 0 atom stereocenters. The van der Waals surface area contributed by atoms with Gasteiger partial charge in [-0.25, -0.2) is 0 Å². The molecule has 4 nitrogen and oxygen atoms in total. The molecule has 0 saturated heterocycles. The third kappa shape index (κ3) is 4.00. The van der Waals surface area contributed by atoms with Crippen LogP contribution < -0.4 is 10.6 Å². The molecule has 21 heavy (non-hydrogen) atoms. The number of nitrogens with one attached hydrogen (secondary N) is 2. The van der Waals surface area contributed by atoms with E-state index in [1.807, 2.05) is 18.5 Å².